The molecule has 3 rings (SSSR count). The monoisotopic (exact) mass is 288 g/mol. The van der Waals surface area contributed by atoms with E-state index >= 15 is 0 Å². The van der Waals surface area contributed by atoms with Crippen molar-refractivity contribution in [3.05, 3.63) is 42.7 Å². The summed E-state index contributed by atoms with van der Waals surface area (Å²) in [4.78, 5) is 6.83. The van der Waals surface area contributed by atoms with Crippen LogP contribution in [0.3, 0.4) is 0 Å². The van der Waals surface area contributed by atoms with Crippen LogP contribution >= 0.6 is 0 Å². The number of nitrogens with zero attached hydrogens (tertiary/aromatic N) is 2. The Labute approximate surface area is 126 Å². The highest BCUT2D eigenvalue weighted by molar-refractivity contribution is 5.12. The van der Waals surface area contributed by atoms with Gasteiger partial charge in [0.2, 0.25) is 0 Å². The van der Waals surface area contributed by atoms with Crippen molar-refractivity contribution in [3.63, 3.8) is 0 Å². The zero-order valence-electron chi connectivity index (χ0n) is 12.5. The zero-order valence-corrected chi connectivity index (χ0v) is 12.5. The third-order valence-electron chi connectivity index (χ3n) is 4.50. The highest BCUT2D eigenvalue weighted by Gasteiger charge is 2.39. The van der Waals surface area contributed by atoms with E-state index in [-0.39, 0.29) is 6.10 Å². The molecule has 0 aliphatic carbocycles. The van der Waals surface area contributed by atoms with Crippen molar-refractivity contribution >= 4 is 0 Å². The predicted molar refractivity (Wildman–Crippen MR) is 82.2 cm³/mol. The molecular formula is C17H24N2O2. The maximum absolute atomic E-state index is 6.01. The van der Waals surface area contributed by atoms with Crippen LogP contribution in [0.2, 0.25) is 0 Å². The van der Waals surface area contributed by atoms with Gasteiger partial charge in [0.15, 0.2) is 0 Å². The lowest BCUT2D eigenvalue weighted by Gasteiger charge is -2.32. The van der Waals surface area contributed by atoms with Gasteiger partial charge >= 0.3 is 0 Å². The molecule has 0 spiro atoms. The topological polar surface area (TPSA) is 34.6 Å². The average molecular weight is 288 g/mol. The molecule has 2 aliphatic rings. The molecule has 0 saturated carbocycles. The van der Waals surface area contributed by atoms with E-state index in [0.717, 1.165) is 39.0 Å². The van der Waals surface area contributed by atoms with Gasteiger partial charge in [-0.05, 0) is 30.9 Å². The van der Waals surface area contributed by atoms with Gasteiger partial charge in [-0.3, -0.25) is 9.88 Å². The number of pyridine rings is 1. The number of ether oxygens (including phenoxy) is 2. The molecule has 4 nitrogen and oxygen atoms in total. The largest absolute Gasteiger partial charge is 0.380 e. The lowest BCUT2D eigenvalue weighted by atomic mass is 10.0. The van der Waals surface area contributed by atoms with E-state index in [2.05, 4.69) is 22.5 Å². The van der Waals surface area contributed by atoms with Gasteiger partial charge in [-0.2, -0.15) is 0 Å². The SMILES string of the molecule is C=CCO[C@@H]1CCN([C@@H]2CCOC2)[C@H]1Cc1cccnc1. The van der Waals surface area contributed by atoms with Gasteiger partial charge in [0.05, 0.1) is 19.3 Å². The van der Waals surface area contributed by atoms with Gasteiger partial charge in [0.1, 0.15) is 0 Å². The minimum atomic E-state index is 0.281. The second kappa shape index (κ2) is 7.16. The zero-order chi connectivity index (χ0) is 14.5. The van der Waals surface area contributed by atoms with Crippen molar-refractivity contribution < 1.29 is 9.47 Å². The molecular weight excluding hydrogens is 264 g/mol. The molecule has 1 aromatic rings. The first kappa shape index (κ1) is 14.7. The Morgan fingerprint density at radius 3 is 3.14 bits per heavy atom. The van der Waals surface area contributed by atoms with Crippen molar-refractivity contribution in [2.75, 3.05) is 26.4 Å². The summed E-state index contributed by atoms with van der Waals surface area (Å²) in [5, 5.41) is 0. The van der Waals surface area contributed by atoms with E-state index in [1.807, 2.05) is 24.5 Å². The van der Waals surface area contributed by atoms with E-state index in [1.165, 1.54) is 5.56 Å². The first-order valence-electron chi connectivity index (χ1n) is 7.83. The molecule has 21 heavy (non-hydrogen) atoms. The number of aromatic nitrogens is 1. The Hall–Kier alpha value is -1.23. The molecule has 0 amide bonds. The van der Waals surface area contributed by atoms with Crippen LogP contribution in [0, 0.1) is 0 Å². The quantitative estimate of drug-likeness (QED) is 0.751. The summed E-state index contributed by atoms with van der Waals surface area (Å²) >= 11 is 0. The van der Waals surface area contributed by atoms with Gasteiger partial charge in [-0.15, -0.1) is 6.58 Å². The second-order valence-corrected chi connectivity index (χ2v) is 5.84. The molecule has 2 saturated heterocycles. The Balaban J connectivity index is 1.72. The van der Waals surface area contributed by atoms with Crippen LogP contribution in [-0.4, -0.2) is 54.4 Å². The van der Waals surface area contributed by atoms with Crippen molar-refractivity contribution in [1.29, 1.82) is 0 Å². The number of rotatable bonds is 6. The van der Waals surface area contributed by atoms with Crippen molar-refractivity contribution in [3.8, 4) is 0 Å². The minimum absolute atomic E-state index is 0.281. The molecule has 2 fully saturated rings. The van der Waals surface area contributed by atoms with Crippen molar-refractivity contribution in [1.82, 2.24) is 9.88 Å². The number of hydrogen-bond donors (Lipinski definition) is 0. The highest BCUT2D eigenvalue weighted by Crippen LogP contribution is 2.29. The summed E-state index contributed by atoms with van der Waals surface area (Å²) in [5.41, 5.74) is 1.28. The summed E-state index contributed by atoms with van der Waals surface area (Å²) in [7, 11) is 0. The second-order valence-electron chi connectivity index (χ2n) is 5.84. The van der Waals surface area contributed by atoms with Gasteiger partial charge < -0.3 is 9.47 Å². The van der Waals surface area contributed by atoms with Gasteiger partial charge in [0, 0.05) is 37.6 Å². The molecule has 4 heteroatoms. The molecule has 0 radical (unpaired) electrons. The van der Waals surface area contributed by atoms with Crippen LogP contribution in [-0.2, 0) is 15.9 Å². The summed E-state index contributed by atoms with van der Waals surface area (Å²) < 4.78 is 11.6. The predicted octanol–water partition coefficient (Wildman–Crippen LogP) is 2.06. The van der Waals surface area contributed by atoms with E-state index in [9.17, 15) is 0 Å². The average Bonchev–Trinajstić information content (AvgIpc) is 3.16. The van der Waals surface area contributed by atoms with Crippen LogP contribution in [0.4, 0.5) is 0 Å². The number of likely N-dealkylation sites (tertiary alicyclic amines) is 1. The fourth-order valence-corrected chi connectivity index (χ4v) is 3.48. The molecule has 1 aromatic heterocycles. The molecule has 0 aromatic carbocycles. The van der Waals surface area contributed by atoms with Gasteiger partial charge in [-0.25, -0.2) is 0 Å². The fraction of sp³-hybridized carbons (Fsp3) is 0.588. The van der Waals surface area contributed by atoms with Crippen LogP contribution in [0.15, 0.2) is 37.2 Å². The molecule has 3 atom stereocenters. The summed E-state index contributed by atoms with van der Waals surface area (Å²) in [6.07, 6.45) is 9.13. The lowest BCUT2D eigenvalue weighted by molar-refractivity contribution is 0.0317. The van der Waals surface area contributed by atoms with Crippen LogP contribution in [0.5, 0.6) is 0 Å². The number of hydrogen-bond acceptors (Lipinski definition) is 4. The van der Waals surface area contributed by atoms with Crippen LogP contribution in [0.25, 0.3) is 0 Å². The Morgan fingerprint density at radius 1 is 1.48 bits per heavy atom. The molecule has 0 unspecified atom stereocenters. The Kier molecular flexibility index (Phi) is 5.01. The summed E-state index contributed by atoms with van der Waals surface area (Å²) in [6, 6.07) is 5.12. The standard InChI is InChI=1S/C17H24N2O2/c1-2-9-21-17-5-8-19(15-6-10-20-13-15)16(17)11-14-4-3-7-18-12-14/h2-4,7,12,15-17H,1,5-6,8-11,13H2/t15-,16+,17-/m1/s1. The van der Waals surface area contributed by atoms with Crippen LogP contribution in [0.1, 0.15) is 18.4 Å². The third-order valence-corrected chi connectivity index (χ3v) is 4.50. The maximum Gasteiger partial charge on any atom is 0.0750 e. The normalized spacial score (nSPS) is 29.8. The molecule has 0 N–H and O–H groups in total. The lowest BCUT2D eigenvalue weighted by Crippen LogP contribution is -2.44. The molecule has 114 valence electrons. The minimum Gasteiger partial charge on any atom is -0.380 e. The molecule has 2 aliphatic heterocycles. The smallest absolute Gasteiger partial charge is 0.0750 e. The van der Waals surface area contributed by atoms with E-state index < -0.39 is 0 Å². The van der Waals surface area contributed by atoms with E-state index in [4.69, 9.17) is 9.47 Å². The first-order valence-corrected chi connectivity index (χ1v) is 7.83. The Morgan fingerprint density at radius 2 is 2.43 bits per heavy atom. The van der Waals surface area contributed by atoms with Crippen LogP contribution < -0.4 is 0 Å². The maximum atomic E-state index is 6.01. The summed E-state index contributed by atoms with van der Waals surface area (Å²) in [5.74, 6) is 0. The summed E-state index contributed by atoms with van der Waals surface area (Å²) in [6.45, 7) is 7.23. The fourth-order valence-electron chi connectivity index (χ4n) is 3.48. The van der Waals surface area contributed by atoms with Gasteiger partial charge in [-0.1, -0.05) is 12.1 Å². The van der Waals surface area contributed by atoms with E-state index in [0.29, 0.717) is 18.7 Å². The van der Waals surface area contributed by atoms with E-state index in [1.54, 1.807) is 0 Å². The highest BCUT2D eigenvalue weighted by atomic mass is 16.5. The first-order chi connectivity index (χ1) is 10.4. The molecule has 3 heterocycles. The third kappa shape index (κ3) is 3.51. The van der Waals surface area contributed by atoms with Gasteiger partial charge in [0.25, 0.3) is 0 Å². The Bertz CT molecular complexity index is 445. The van der Waals surface area contributed by atoms with Crippen molar-refractivity contribution in [2.24, 2.45) is 0 Å². The molecule has 0 bridgehead atoms. The van der Waals surface area contributed by atoms with Crippen molar-refractivity contribution in [2.45, 2.75) is 37.5 Å².